The van der Waals surface area contributed by atoms with Gasteiger partial charge in [0.05, 0.1) is 0 Å². The molecule has 0 unspecified atom stereocenters. The lowest BCUT2D eigenvalue weighted by atomic mass is 10.3. The highest BCUT2D eigenvalue weighted by Crippen LogP contribution is 2.11. The van der Waals surface area contributed by atoms with E-state index in [2.05, 4.69) is 35.9 Å². The van der Waals surface area contributed by atoms with E-state index in [-0.39, 0.29) is 0 Å². The summed E-state index contributed by atoms with van der Waals surface area (Å²) in [5.74, 6) is 0.727. The van der Waals surface area contributed by atoms with Gasteiger partial charge in [0.25, 0.3) is 0 Å². The Bertz CT molecular complexity index is 402. The van der Waals surface area contributed by atoms with Crippen LogP contribution in [0.1, 0.15) is 5.56 Å². The molecule has 2 aromatic rings. The number of rotatable bonds is 3. The molecule has 0 saturated carbocycles. The second-order valence-corrected chi connectivity index (χ2v) is 3.67. The molecule has 14 heavy (non-hydrogen) atoms. The highest BCUT2D eigenvalue weighted by atomic mass is 79.9. The summed E-state index contributed by atoms with van der Waals surface area (Å²) in [6.07, 6.45) is 5.08. The van der Waals surface area contributed by atoms with Gasteiger partial charge in [-0.2, -0.15) is 0 Å². The Morgan fingerprint density at radius 3 is 3.07 bits per heavy atom. The lowest BCUT2D eigenvalue weighted by Gasteiger charge is -2.01. The fourth-order valence-corrected chi connectivity index (χ4v) is 1.46. The van der Waals surface area contributed by atoms with Crippen molar-refractivity contribution in [2.24, 2.45) is 0 Å². The minimum atomic E-state index is 0.680. The maximum Gasteiger partial charge on any atom is 0.169 e. The predicted molar refractivity (Wildman–Crippen MR) is 55.8 cm³/mol. The van der Waals surface area contributed by atoms with Gasteiger partial charge in [-0.25, -0.2) is 0 Å². The van der Waals surface area contributed by atoms with Gasteiger partial charge in [-0.3, -0.25) is 4.98 Å². The van der Waals surface area contributed by atoms with Crippen LogP contribution in [-0.4, -0.2) is 10.1 Å². The minimum absolute atomic E-state index is 0.680. The summed E-state index contributed by atoms with van der Waals surface area (Å²) in [4.78, 5) is 4.05. The lowest BCUT2D eigenvalue weighted by Crippen LogP contribution is -1.99. The second kappa shape index (κ2) is 4.23. The van der Waals surface area contributed by atoms with Crippen LogP contribution < -0.4 is 5.32 Å². The third-order valence-corrected chi connectivity index (χ3v) is 2.11. The summed E-state index contributed by atoms with van der Waals surface area (Å²) in [5.41, 5.74) is 1.09. The maximum absolute atomic E-state index is 4.69. The maximum atomic E-state index is 4.69. The molecule has 0 aliphatic heterocycles. The molecule has 2 aromatic heterocycles. The van der Waals surface area contributed by atoms with Gasteiger partial charge >= 0.3 is 0 Å². The third-order valence-electron chi connectivity index (χ3n) is 1.67. The number of nitrogens with one attached hydrogen (secondary N) is 1. The van der Waals surface area contributed by atoms with Gasteiger partial charge in [-0.15, -0.1) is 0 Å². The van der Waals surface area contributed by atoms with E-state index in [0.29, 0.717) is 6.54 Å². The molecule has 0 fully saturated rings. The number of aromatic nitrogens is 2. The average Bonchev–Trinajstić information content (AvgIpc) is 2.67. The summed E-state index contributed by atoms with van der Waals surface area (Å²) in [7, 11) is 0. The van der Waals surface area contributed by atoms with Crippen molar-refractivity contribution in [2.75, 3.05) is 5.32 Å². The van der Waals surface area contributed by atoms with Gasteiger partial charge in [-0.05, 0) is 27.6 Å². The first-order chi connectivity index (χ1) is 6.84. The smallest absolute Gasteiger partial charge is 0.169 e. The molecule has 0 spiro atoms. The molecule has 72 valence electrons. The van der Waals surface area contributed by atoms with E-state index in [1.54, 1.807) is 18.5 Å². The van der Waals surface area contributed by atoms with Crippen LogP contribution in [0.2, 0.25) is 0 Å². The van der Waals surface area contributed by atoms with Crippen LogP contribution in [0.5, 0.6) is 0 Å². The van der Waals surface area contributed by atoms with Crippen LogP contribution >= 0.6 is 15.9 Å². The Kier molecular flexibility index (Phi) is 2.78. The van der Waals surface area contributed by atoms with Crippen LogP contribution in [0.4, 0.5) is 5.82 Å². The van der Waals surface area contributed by atoms with Crippen molar-refractivity contribution in [3.8, 4) is 0 Å². The Morgan fingerprint density at radius 2 is 2.36 bits per heavy atom. The van der Waals surface area contributed by atoms with Crippen LogP contribution in [0, 0.1) is 0 Å². The molecule has 4 nitrogen and oxygen atoms in total. The molecule has 2 heterocycles. The molecule has 0 aliphatic carbocycles. The minimum Gasteiger partial charge on any atom is -0.363 e. The number of nitrogens with zero attached hydrogens (tertiary/aromatic N) is 2. The number of halogens is 1. The fourth-order valence-electron chi connectivity index (χ4n) is 1.05. The van der Waals surface area contributed by atoms with E-state index in [0.717, 1.165) is 15.9 Å². The molecule has 0 aliphatic rings. The Labute approximate surface area is 89.5 Å². The van der Waals surface area contributed by atoms with Crippen LogP contribution in [0.15, 0.2) is 39.8 Å². The largest absolute Gasteiger partial charge is 0.363 e. The van der Waals surface area contributed by atoms with Gasteiger partial charge in [0.15, 0.2) is 5.82 Å². The molecule has 0 atom stereocenters. The van der Waals surface area contributed by atoms with Gasteiger partial charge in [0.1, 0.15) is 6.26 Å². The normalized spacial score (nSPS) is 10.1. The number of hydrogen-bond donors (Lipinski definition) is 1. The molecular formula is C9H8BrN3O. The van der Waals surface area contributed by atoms with Crippen molar-refractivity contribution in [2.45, 2.75) is 6.54 Å². The SMILES string of the molecule is Brc1cncc(CNc2ccon2)c1. The molecular weight excluding hydrogens is 246 g/mol. The van der Waals surface area contributed by atoms with Crippen molar-refractivity contribution >= 4 is 21.7 Å². The first kappa shape index (κ1) is 9.21. The summed E-state index contributed by atoms with van der Waals surface area (Å²) in [6.45, 7) is 0.680. The van der Waals surface area contributed by atoms with E-state index in [1.165, 1.54) is 6.26 Å². The van der Waals surface area contributed by atoms with Gasteiger partial charge in [-0.1, -0.05) is 5.16 Å². The Hall–Kier alpha value is -1.36. The first-order valence-corrected chi connectivity index (χ1v) is 4.87. The number of hydrogen-bond acceptors (Lipinski definition) is 4. The van der Waals surface area contributed by atoms with Crippen molar-refractivity contribution in [3.63, 3.8) is 0 Å². The van der Waals surface area contributed by atoms with Gasteiger partial charge in [0, 0.05) is 29.5 Å². The zero-order chi connectivity index (χ0) is 9.80. The molecule has 0 bridgehead atoms. The quantitative estimate of drug-likeness (QED) is 0.913. The first-order valence-electron chi connectivity index (χ1n) is 4.08. The van der Waals surface area contributed by atoms with E-state index < -0.39 is 0 Å². The average molecular weight is 254 g/mol. The summed E-state index contributed by atoms with van der Waals surface area (Å²) in [5, 5.41) is 6.84. The van der Waals surface area contributed by atoms with Crippen molar-refractivity contribution in [3.05, 3.63) is 40.8 Å². The zero-order valence-corrected chi connectivity index (χ0v) is 8.86. The molecule has 0 amide bonds. The molecule has 2 rings (SSSR count). The van der Waals surface area contributed by atoms with Crippen LogP contribution in [0.3, 0.4) is 0 Å². The van der Waals surface area contributed by atoms with E-state index in [4.69, 9.17) is 0 Å². The summed E-state index contributed by atoms with van der Waals surface area (Å²) < 4.78 is 5.66. The third kappa shape index (κ3) is 2.32. The highest BCUT2D eigenvalue weighted by molar-refractivity contribution is 9.10. The van der Waals surface area contributed by atoms with Crippen molar-refractivity contribution in [1.82, 2.24) is 10.1 Å². The highest BCUT2D eigenvalue weighted by Gasteiger charge is 1.97. The number of pyridine rings is 1. The predicted octanol–water partition coefficient (Wildman–Crippen LogP) is 2.44. The summed E-state index contributed by atoms with van der Waals surface area (Å²) in [6, 6.07) is 3.77. The van der Waals surface area contributed by atoms with E-state index in [1.807, 2.05) is 6.07 Å². The van der Waals surface area contributed by atoms with E-state index >= 15 is 0 Å². The van der Waals surface area contributed by atoms with Crippen LogP contribution in [-0.2, 0) is 6.54 Å². The topological polar surface area (TPSA) is 51.0 Å². The molecule has 0 radical (unpaired) electrons. The Balaban J connectivity index is 1.98. The van der Waals surface area contributed by atoms with Crippen LogP contribution in [0.25, 0.3) is 0 Å². The van der Waals surface area contributed by atoms with Gasteiger partial charge in [0.2, 0.25) is 0 Å². The number of anilines is 1. The summed E-state index contributed by atoms with van der Waals surface area (Å²) >= 11 is 3.36. The second-order valence-electron chi connectivity index (χ2n) is 2.75. The standard InChI is InChI=1S/C9H8BrN3O/c10-8-3-7(4-11-6-8)5-12-9-1-2-14-13-9/h1-4,6H,5H2,(H,12,13). The molecule has 0 saturated heterocycles. The Morgan fingerprint density at radius 1 is 1.43 bits per heavy atom. The zero-order valence-electron chi connectivity index (χ0n) is 7.27. The fraction of sp³-hybridized carbons (Fsp3) is 0.111. The molecule has 5 heteroatoms. The lowest BCUT2D eigenvalue weighted by molar-refractivity contribution is 0.422. The molecule has 1 N–H and O–H groups in total. The van der Waals surface area contributed by atoms with Gasteiger partial charge < -0.3 is 9.84 Å². The van der Waals surface area contributed by atoms with Crippen molar-refractivity contribution in [1.29, 1.82) is 0 Å². The monoisotopic (exact) mass is 253 g/mol. The van der Waals surface area contributed by atoms with Crippen molar-refractivity contribution < 1.29 is 4.52 Å². The van der Waals surface area contributed by atoms with E-state index in [9.17, 15) is 0 Å². The molecule has 0 aromatic carbocycles.